The molecule has 1 atom stereocenters. The van der Waals surface area contributed by atoms with Crippen LogP contribution in [0.1, 0.15) is 25.3 Å². The van der Waals surface area contributed by atoms with Crippen LogP contribution in [0.2, 0.25) is 0 Å². The summed E-state index contributed by atoms with van der Waals surface area (Å²) in [6, 6.07) is 8.37. The van der Waals surface area contributed by atoms with Gasteiger partial charge in [-0.1, -0.05) is 55.0 Å². The van der Waals surface area contributed by atoms with Crippen molar-refractivity contribution in [3.63, 3.8) is 0 Å². The fourth-order valence-corrected chi connectivity index (χ4v) is 3.19. The van der Waals surface area contributed by atoms with Crippen LogP contribution < -0.4 is 0 Å². The van der Waals surface area contributed by atoms with Gasteiger partial charge in [0.05, 0.1) is 5.41 Å². The highest BCUT2D eigenvalue weighted by Crippen LogP contribution is 2.57. The standard InChI is InChI=1S/C18H16F6O2/c1-2-12-10-15(11-25,16(26,17(19,20)21)18(22,23)24)9-8-14(12)13-6-4-3-5-7-13/h3-9,11,26H,2,10H2,1H3. The average molecular weight is 378 g/mol. The molecular formula is C18H16F6O2. The topological polar surface area (TPSA) is 37.3 Å². The van der Waals surface area contributed by atoms with Gasteiger partial charge in [-0.15, -0.1) is 0 Å². The maximum atomic E-state index is 13.3. The molecule has 1 aromatic rings. The molecule has 0 heterocycles. The summed E-state index contributed by atoms with van der Waals surface area (Å²) in [5.41, 5.74) is -7.11. The number of rotatable bonds is 4. The van der Waals surface area contributed by atoms with E-state index in [1.165, 1.54) is 0 Å². The van der Waals surface area contributed by atoms with Crippen molar-refractivity contribution in [2.24, 2.45) is 5.41 Å². The second kappa shape index (κ2) is 6.57. The van der Waals surface area contributed by atoms with E-state index >= 15 is 0 Å². The Kier molecular flexibility index (Phi) is 5.11. The number of allylic oxidation sites excluding steroid dienone is 3. The molecule has 0 radical (unpaired) electrons. The third kappa shape index (κ3) is 2.96. The molecule has 2 rings (SSSR count). The summed E-state index contributed by atoms with van der Waals surface area (Å²) < 4.78 is 79.7. The van der Waals surface area contributed by atoms with Crippen LogP contribution in [0.3, 0.4) is 0 Å². The molecule has 0 bridgehead atoms. The lowest BCUT2D eigenvalue weighted by Gasteiger charge is -2.45. The molecule has 1 N–H and O–H groups in total. The molecule has 1 unspecified atom stereocenters. The normalized spacial score (nSPS) is 21.8. The number of carbonyl (C=O) groups excluding carboxylic acids is 1. The third-order valence-electron chi connectivity index (χ3n) is 4.65. The van der Waals surface area contributed by atoms with E-state index in [0.29, 0.717) is 17.2 Å². The highest BCUT2D eigenvalue weighted by Gasteiger charge is 2.79. The van der Waals surface area contributed by atoms with Crippen LogP contribution in [0.4, 0.5) is 26.3 Å². The third-order valence-corrected chi connectivity index (χ3v) is 4.65. The molecule has 0 saturated heterocycles. The van der Waals surface area contributed by atoms with Gasteiger partial charge in [-0.3, -0.25) is 0 Å². The zero-order valence-corrected chi connectivity index (χ0v) is 13.7. The Balaban J connectivity index is 2.65. The van der Waals surface area contributed by atoms with Crippen LogP contribution in [-0.4, -0.2) is 29.3 Å². The summed E-state index contributed by atoms with van der Waals surface area (Å²) in [7, 11) is 0. The van der Waals surface area contributed by atoms with Crippen molar-refractivity contribution in [1.82, 2.24) is 0 Å². The number of aldehydes is 1. The number of hydrogen-bond acceptors (Lipinski definition) is 2. The first-order valence-corrected chi connectivity index (χ1v) is 7.72. The molecule has 1 aliphatic carbocycles. The fourth-order valence-electron chi connectivity index (χ4n) is 3.19. The Morgan fingerprint density at radius 1 is 1.08 bits per heavy atom. The predicted molar refractivity (Wildman–Crippen MR) is 83.0 cm³/mol. The van der Waals surface area contributed by atoms with Crippen LogP contribution >= 0.6 is 0 Å². The van der Waals surface area contributed by atoms with Crippen molar-refractivity contribution in [2.45, 2.75) is 37.7 Å². The molecule has 0 saturated carbocycles. The van der Waals surface area contributed by atoms with E-state index in [-0.39, 0.29) is 12.0 Å². The van der Waals surface area contributed by atoms with Gasteiger partial charge in [0.25, 0.3) is 5.60 Å². The first kappa shape index (κ1) is 20.2. The molecule has 0 amide bonds. The summed E-state index contributed by atoms with van der Waals surface area (Å²) in [6.45, 7) is 1.56. The van der Waals surface area contributed by atoms with Gasteiger partial charge >= 0.3 is 12.4 Å². The fraction of sp³-hybridized carbons (Fsp3) is 0.389. The van der Waals surface area contributed by atoms with Gasteiger partial charge in [-0.2, -0.15) is 26.3 Å². The van der Waals surface area contributed by atoms with Gasteiger partial charge in [-0.05, 0) is 24.0 Å². The minimum atomic E-state index is -6.08. The predicted octanol–water partition coefficient (Wildman–Crippen LogP) is 4.85. The monoisotopic (exact) mass is 378 g/mol. The Morgan fingerprint density at radius 2 is 1.62 bits per heavy atom. The van der Waals surface area contributed by atoms with E-state index < -0.39 is 36.1 Å². The van der Waals surface area contributed by atoms with Gasteiger partial charge in [0.1, 0.15) is 6.29 Å². The van der Waals surface area contributed by atoms with Gasteiger partial charge in [0.15, 0.2) is 0 Å². The largest absolute Gasteiger partial charge is 0.427 e. The molecule has 26 heavy (non-hydrogen) atoms. The van der Waals surface area contributed by atoms with Crippen molar-refractivity contribution in [1.29, 1.82) is 0 Å². The minimum Gasteiger partial charge on any atom is -0.373 e. The van der Waals surface area contributed by atoms with Crippen molar-refractivity contribution in [3.8, 4) is 0 Å². The van der Waals surface area contributed by atoms with Crippen molar-refractivity contribution < 1.29 is 36.2 Å². The Morgan fingerprint density at radius 3 is 2.04 bits per heavy atom. The van der Waals surface area contributed by atoms with Crippen LogP contribution in [-0.2, 0) is 4.79 Å². The molecule has 8 heteroatoms. The van der Waals surface area contributed by atoms with Crippen LogP contribution in [0.25, 0.3) is 5.57 Å². The van der Waals surface area contributed by atoms with Crippen molar-refractivity contribution >= 4 is 11.9 Å². The Bertz CT molecular complexity index is 716. The Hall–Kier alpha value is -2.09. The number of hydrogen-bond donors (Lipinski definition) is 1. The van der Waals surface area contributed by atoms with Crippen molar-refractivity contribution in [3.05, 3.63) is 53.6 Å². The van der Waals surface area contributed by atoms with Crippen LogP contribution in [0, 0.1) is 5.41 Å². The van der Waals surface area contributed by atoms with Crippen molar-refractivity contribution in [2.75, 3.05) is 0 Å². The van der Waals surface area contributed by atoms with Gasteiger partial charge < -0.3 is 9.90 Å². The molecule has 0 aromatic heterocycles. The van der Waals surface area contributed by atoms with Crippen LogP contribution in [0.5, 0.6) is 0 Å². The molecule has 2 nitrogen and oxygen atoms in total. The summed E-state index contributed by atoms with van der Waals surface area (Å²) in [5, 5.41) is 9.77. The number of alkyl halides is 6. The number of aliphatic hydroxyl groups is 1. The number of carbonyl (C=O) groups is 1. The van der Waals surface area contributed by atoms with E-state index in [9.17, 15) is 36.2 Å². The quantitative estimate of drug-likeness (QED) is 0.601. The molecule has 142 valence electrons. The van der Waals surface area contributed by atoms with E-state index in [1.807, 2.05) is 0 Å². The first-order chi connectivity index (χ1) is 11.9. The summed E-state index contributed by atoms with van der Waals surface area (Å²) >= 11 is 0. The van der Waals surface area contributed by atoms with E-state index in [4.69, 9.17) is 0 Å². The lowest BCUT2D eigenvalue weighted by molar-refractivity contribution is -0.390. The first-order valence-electron chi connectivity index (χ1n) is 7.72. The Labute approximate surface area is 145 Å². The van der Waals surface area contributed by atoms with Crippen LogP contribution in [0.15, 0.2) is 48.1 Å². The maximum Gasteiger partial charge on any atom is 0.427 e. The van der Waals surface area contributed by atoms with Gasteiger partial charge in [-0.25, -0.2) is 0 Å². The van der Waals surface area contributed by atoms with E-state index in [1.54, 1.807) is 37.3 Å². The molecule has 1 aliphatic rings. The SMILES string of the molecule is CCC1=C(c2ccccc2)C=CC(C=O)(C(O)(C(F)(F)F)C(F)(F)F)C1. The van der Waals surface area contributed by atoms with E-state index in [2.05, 4.69) is 0 Å². The molecule has 1 aromatic carbocycles. The minimum absolute atomic E-state index is 0.121. The molecule has 0 fully saturated rings. The zero-order chi connectivity index (χ0) is 19.8. The second-order valence-electron chi connectivity index (χ2n) is 6.11. The van der Waals surface area contributed by atoms with Gasteiger partial charge in [0, 0.05) is 0 Å². The summed E-state index contributed by atoms with van der Waals surface area (Å²) in [5.74, 6) is 0. The molecular weight excluding hydrogens is 362 g/mol. The number of benzene rings is 1. The number of halogens is 6. The van der Waals surface area contributed by atoms with E-state index in [0.717, 1.165) is 6.08 Å². The zero-order valence-electron chi connectivity index (χ0n) is 13.7. The smallest absolute Gasteiger partial charge is 0.373 e. The highest BCUT2D eigenvalue weighted by atomic mass is 19.4. The summed E-state index contributed by atoms with van der Waals surface area (Å²) in [4.78, 5) is 11.5. The molecule has 0 aliphatic heterocycles. The molecule has 0 spiro atoms. The average Bonchev–Trinajstić information content (AvgIpc) is 2.59. The maximum absolute atomic E-state index is 13.3. The lowest BCUT2D eigenvalue weighted by atomic mass is 9.64. The second-order valence-corrected chi connectivity index (χ2v) is 6.11. The van der Waals surface area contributed by atoms with Gasteiger partial charge in [0.2, 0.25) is 0 Å². The summed E-state index contributed by atoms with van der Waals surface area (Å²) in [6.07, 6.45) is -11.8. The lowest BCUT2D eigenvalue weighted by Crippen LogP contribution is -2.67. The highest BCUT2D eigenvalue weighted by molar-refractivity contribution is 5.82.